The van der Waals surface area contributed by atoms with Gasteiger partial charge in [-0.25, -0.2) is 14.4 Å². The Morgan fingerprint density at radius 3 is 2.55 bits per heavy atom. The molecule has 0 aliphatic carbocycles. The lowest BCUT2D eigenvalue weighted by Crippen LogP contribution is -2.41. The lowest BCUT2D eigenvalue weighted by molar-refractivity contribution is -0.137. The van der Waals surface area contributed by atoms with Gasteiger partial charge < -0.3 is 15.7 Å². The third-order valence-electron chi connectivity index (χ3n) is 8.23. The number of carbonyl (C=O) groups is 1. The van der Waals surface area contributed by atoms with Crippen LogP contribution in [0.1, 0.15) is 61.0 Å². The molecule has 2 aliphatic heterocycles. The van der Waals surface area contributed by atoms with Gasteiger partial charge in [0, 0.05) is 42.9 Å². The normalized spacial score (nSPS) is 21.1. The summed E-state index contributed by atoms with van der Waals surface area (Å²) in [7, 11) is 0. The number of nitrogen functional groups attached to an aromatic ring is 1. The molecule has 2 fully saturated rings. The lowest BCUT2D eigenvalue weighted by atomic mass is 9.86. The van der Waals surface area contributed by atoms with Gasteiger partial charge >= 0.3 is 6.18 Å². The van der Waals surface area contributed by atoms with E-state index in [2.05, 4.69) is 4.98 Å². The summed E-state index contributed by atoms with van der Waals surface area (Å²) >= 11 is 0. The van der Waals surface area contributed by atoms with E-state index in [0.29, 0.717) is 24.3 Å². The van der Waals surface area contributed by atoms with Crippen LogP contribution in [0.3, 0.4) is 0 Å². The van der Waals surface area contributed by atoms with Crippen LogP contribution in [-0.4, -0.2) is 42.9 Å². The van der Waals surface area contributed by atoms with Crippen molar-refractivity contribution in [3.8, 4) is 11.3 Å². The first kappa shape index (κ1) is 26.2. The smallest absolute Gasteiger partial charge is 0.382 e. The van der Waals surface area contributed by atoms with Crippen LogP contribution in [0.15, 0.2) is 54.9 Å². The van der Waals surface area contributed by atoms with Crippen molar-refractivity contribution in [3.05, 3.63) is 83.2 Å². The van der Waals surface area contributed by atoms with E-state index in [1.807, 2.05) is 4.90 Å². The largest absolute Gasteiger partial charge is 0.416 e. The second kappa shape index (κ2) is 9.29. The number of nitrogens with two attached hydrogens (primary N) is 1. The number of amides is 1. The summed E-state index contributed by atoms with van der Waals surface area (Å²) in [6, 6.07) is 8.58. The highest BCUT2D eigenvalue weighted by atomic mass is 19.4. The fourth-order valence-electron chi connectivity index (χ4n) is 6.02. The van der Waals surface area contributed by atoms with Gasteiger partial charge in [0.25, 0.3) is 0 Å². The first-order valence-electron chi connectivity index (χ1n) is 13.1. The zero-order valence-electron chi connectivity index (χ0n) is 21.6. The maximum atomic E-state index is 15.7. The van der Waals surface area contributed by atoms with Gasteiger partial charge in [-0.1, -0.05) is 18.2 Å². The predicted octanol–water partition coefficient (Wildman–Crippen LogP) is 5.26. The van der Waals surface area contributed by atoms with Gasteiger partial charge in [-0.3, -0.25) is 9.20 Å². The van der Waals surface area contributed by atoms with E-state index in [4.69, 9.17) is 10.7 Å². The number of aromatic nitrogens is 3. The SMILES string of the molecule is C[C@](O)(c1cccc(C(F)(F)F)c1)c1ccc(-c2nc([C@@H]3CC[C@H]4CCC(=O)N4C3)n3ccnc(N)c23)c(F)c1. The standard InChI is InChI=1S/C29H27F4N5O2/c1-28(40,17-3-2-4-19(13-17)29(31,32)33)18-6-9-21(22(30)14-18)24-25-26(34)35-11-12-37(25)27(36-24)16-5-7-20-8-10-23(39)38(20)15-16/h2-4,6,9,11-14,16,20,40H,5,7-8,10,15H2,1H3,(H2,34,35)/t16-,20+,28+/m1/s1. The molecule has 0 bridgehead atoms. The fraction of sp³-hybridized carbons (Fsp3) is 0.345. The van der Waals surface area contributed by atoms with Gasteiger partial charge in [0.15, 0.2) is 0 Å². The van der Waals surface area contributed by atoms with Crippen LogP contribution in [0, 0.1) is 5.82 Å². The number of carbonyl (C=O) groups excluding carboxylic acids is 1. The van der Waals surface area contributed by atoms with Gasteiger partial charge in [-0.05, 0) is 61.6 Å². The molecule has 2 aromatic heterocycles. The van der Waals surface area contributed by atoms with Gasteiger partial charge in [0.05, 0.1) is 5.56 Å². The Kier molecular flexibility index (Phi) is 6.10. The molecule has 3 atom stereocenters. The first-order chi connectivity index (χ1) is 18.9. The van der Waals surface area contributed by atoms with Crippen molar-refractivity contribution in [2.24, 2.45) is 0 Å². The van der Waals surface area contributed by atoms with Gasteiger partial charge in [-0.15, -0.1) is 0 Å². The van der Waals surface area contributed by atoms with Crippen molar-refractivity contribution in [1.29, 1.82) is 0 Å². The molecule has 2 saturated heterocycles. The zero-order chi connectivity index (χ0) is 28.4. The number of rotatable bonds is 4. The monoisotopic (exact) mass is 553 g/mol. The number of benzene rings is 2. The molecule has 208 valence electrons. The summed E-state index contributed by atoms with van der Waals surface area (Å²) in [6.45, 7) is 1.84. The molecule has 0 saturated carbocycles. The quantitative estimate of drug-likeness (QED) is 0.336. The van der Waals surface area contributed by atoms with Crippen LogP contribution >= 0.6 is 0 Å². The van der Waals surface area contributed by atoms with Crippen molar-refractivity contribution in [1.82, 2.24) is 19.3 Å². The molecule has 3 N–H and O–H groups in total. The first-order valence-corrected chi connectivity index (χ1v) is 13.1. The lowest BCUT2D eigenvalue weighted by Gasteiger charge is -2.34. The average Bonchev–Trinajstić information content (AvgIpc) is 3.49. The van der Waals surface area contributed by atoms with E-state index >= 15 is 4.39 Å². The molecule has 0 spiro atoms. The maximum absolute atomic E-state index is 15.7. The molecule has 7 nitrogen and oxygen atoms in total. The van der Waals surface area contributed by atoms with Gasteiger partial charge in [0.2, 0.25) is 5.91 Å². The molecule has 0 radical (unpaired) electrons. The molecule has 0 unspecified atom stereocenters. The second-order valence-electron chi connectivity index (χ2n) is 10.7. The topological polar surface area (TPSA) is 96.8 Å². The van der Waals surface area contributed by atoms with Crippen LogP contribution in [0.4, 0.5) is 23.4 Å². The van der Waals surface area contributed by atoms with Gasteiger partial charge in [-0.2, -0.15) is 13.2 Å². The van der Waals surface area contributed by atoms with E-state index in [1.165, 1.54) is 37.4 Å². The van der Waals surface area contributed by atoms with Crippen LogP contribution < -0.4 is 5.73 Å². The van der Waals surface area contributed by atoms with Crippen molar-refractivity contribution in [2.75, 3.05) is 12.3 Å². The molecule has 40 heavy (non-hydrogen) atoms. The van der Waals surface area contributed by atoms with Crippen LogP contribution in [0.25, 0.3) is 16.8 Å². The zero-order valence-corrected chi connectivity index (χ0v) is 21.6. The van der Waals surface area contributed by atoms with E-state index in [-0.39, 0.29) is 46.1 Å². The van der Waals surface area contributed by atoms with Crippen LogP contribution in [0.2, 0.25) is 0 Å². The van der Waals surface area contributed by atoms with Crippen molar-refractivity contribution >= 4 is 17.2 Å². The fourth-order valence-corrected chi connectivity index (χ4v) is 6.02. The number of piperidine rings is 1. The highest BCUT2D eigenvalue weighted by Crippen LogP contribution is 2.40. The van der Waals surface area contributed by atoms with Crippen molar-refractivity contribution in [3.63, 3.8) is 0 Å². The molecule has 2 aromatic carbocycles. The summed E-state index contributed by atoms with van der Waals surface area (Å²) in [4.78, 5) is 23.3. The van der Waals surface area contributed by atoms with Crippen molar-refractivity contribution < 1.29 is 27.5 Å². The third kappa shape index (κ3) is 4.28. The molecular weight excluding hydrogens is 526 g/mol. The number of fused-ring (bicyclic) bond motifs is 2. The number of alkyl halides is 3. The summed E-state index contributed by atoms with van der Waals surface area (Å²) in [5, 5.41) is 11.2. The number of imidazole rings is 1. The van der Waals surface area contributed by atoms with E-state index in [9.17, 15) is 23.1 Å². The molecule has 1 amide bonds. The Morgan fingerprint density at radius 1 is 1.05 bits per heavy atom. The Hall–Kier alpha value is -3.99. The summed E-state index contributed by atoms with van der Waals surface area (Å²) < 4.78 is 57.3. The Bertz CT molecular complexity index is 1630. The number of aliphatic hydroxyl groups is 1. The summed E-state index contributed by atoms with van der Waals surface area (Å²) in [5.74, 6) is 0.132. The van der Waals surface area contributed by atoms with E-state index in [0.717, 1.165) is 37.5 Å². The van der Waals surface area contributed by atoms with E-state index < -0.39 is 23.2 Å². The number of hydrogen-bond acceptors (Lipinski definition) is 5. The Morgan fingerprint density at radius 2 is 1.80 bits per heavy atom. The number of halogens is 4. The van der Waals surface area contributed by atoms with Crippen molar-refractivity contribution in [2.45, 2.75) is 56.3 Å². The Labute approximate surface area is 227 Å². The predicted molar refractivity (Wildman–Crippen MR) is 140 cm³/mol. The molecule has 2 aliphatic rings. The highest BCUT2D eigenvalue weighted by molar-refractivity contribution is 5.86. The number of nitrogens with zero attached hydrogens (tertiary/aromatic N) is 4. The minimum Gasteiger partial charge on any atom is -0.382 e. The second-order valence-corrected chi connectivity index (χ2v) is 10.7. The van der Waals surface area contributed by atoms with E-state index in [1.54, 1.807) is 10.6 Å². The maximum Gasteiger partial charge on any atom is 0.416 e. The Balaban J connectivity index is 1.40. The summed E-state index contributed by atoms with van der Waals surface area (Å²) in [5.41, 5.74) is 4.26. The van der Waals surface area contributed by atoms with Gasteiger partial charge in [0.1, 0.15) is 34.3 Å². The number of hydrogen-bond donors (Lipinski definition) is 2. The molecule has 6 rings (SSSR count). The molecular formula is C29H27F4N5O2. The number of anilines is 1. The molecule has 4 heterocycles. The third-order valence-corrected chi connectivity index (χ3v) is 8.23. The highest BCUT2D eigenvalue weighted by Gasteiger charge is 2.39. The minimum atomic E-state index is -4.59. The molecule has 4 aromatic rings. The summed E-state index contributed by atoms with van der Waals surface area (Å²) in [6.07, 6.45) is 1.74. The van der Waals surface area contributed by atoms with Crippen LogP contribution in [0.5, 0.6) is 0 Å². The minimum absolute atomic E-state index is 0.0234. The molecule has 11 heteroatoms. The average molecular weight is 554 g/mol. The van der Waals surface area contributed by atoms with Crippen LogP contribution in [-0.2, 0) is 16.6 Å².